The van der Waals surface area contributed by atoms with Crippen LogP contribution in [0.5, 0.6) is 0 Å². The molecule has 1 aliphatic heterocycles. The van der Waals surface area contributed by atoms with Crippen LogP contribution >= 0.6 is 0 Å². The van der Waals surface area contributed by atoms with Gasteiger partial charge in [0.05, 0.1) is 4.92 Å². The van der Waals surface area contributed by atoms with Crippen LogP contribution < -0.4 is 4.90 Å². The Morgan fingerprint density at radius 3 is 2.33 bits per heavy atom. The lowest BCUT2D eigenvalue weighted by atomic mass is 10.2. The minimum Gasteiger partial charge on any atom is -0.444 e. The first-order chi connectivity index (χ1) is 12.7. The zero-order valence-electron chi connectivity index (χ0n) is 15.4. The van der Waals surface area contributed by atoms with E-state index in [0.29, 0.717) is 37.8 Å². The maximum Gasteiger partial charge on any atom is 0.410 e. The van der Waals surface area contributed by atoms with Crippen molar-refractivity contribution in [2.45, 2.75) is 26.4 Å². The van der Waals surface area contributed by atoms with Gasteiger partial charge in [0.2, 0.25) is 5.89 Å². The summed E-state index contributed by atoms with van der Waals surface area (Å²) in [6, 6.07) is 6.26. The summed E-state index contributed by atoms with van der Waals surface area (Å²) in [6.07, 6.45) is -0.334. The third-order valence-corrected chi connectivity index (χ3v) is 3.94. The monoisotopic (exact) mass is 375 g/mol. The molecule has 1 fully saturated rings. The van der Waals surface area contributed by atoms with Crippen LogP contribution in [0.4, 0.5) is 16.5 Å². The molecule has 0 aliphatic carbocycles. The molecule has 1 amide bonds. The Morgan fingerprint density at radius 1 is 1.15 bits per heavy atom. The van der Waals surface area contributed by atoms with Gasteiger partial charge in [-0.1, -0.05) is 5.10 Å². The number of anilines is 1. The van der Waals surface area contributed by atoms with Crippen molar-refractivity contribution in [3.8, 4) is 11.5 Å². The van der Waals surface area contributed by atoms with Gasteiger partial charge in [-0.2, -0.15) is 0 Å². The van der Waals surface area contributed by atoms with E-state index in [2.05, 4.69) is 10.2 Å². The molecule has 1 aromatic heterocycles. The SMILES string of the molecule is CC(C)(C)OC(=O)N1CCN(c2nnc(-c3ccc([N+](=O)[O-])cc3)o2)CC1. The first-order valence-electron chi connectivity index (χ1n) is 8.54. The molecular formula is C17H21N5O5. The van der Waals surface area contributed by atoms with E-state index in [9.17, 15) is 14.9 Å². The molecule has 0 radical (unpaired) electrons. The highest BCUT2D eigenvalue weighted by molar-refractivity contribution is 5.68. The summed E-state index contributed by atoms with van der Waals surface area (Å²) in [5.41, 5.74) is 0.0730. The molecule has 27 heavy (non-hydrogen) atoms. The molecule has 0 bridgehead atoms. The van der Waals surface area contributed by atoms with E-state index in [1.807, 2.05) is 25.7 Å². The Balaban J connectivity index is 1.61. The van der Waals surface area contributed by atoms with Gasteiger partial charge < -0.3 is 19.0 Å². The van der Waals surface area contributed by atoms with E-state index in [0.717, 1.165) is 0 Å². The third kappa shape index (κ3) is 4.52. The molecule has 0 N–H and O–H groups in total. The first kappa shape index (κ1) is 18.6. The molecule has 3 rings (SSSR count). The highest BCUT2D eigenvalue weighted by Crippen LogP contribution is 2.24. The van der Waals surface area contributed by atoms with Crippen molar-refractivity contribution in [1.82, 2.24) is 15.1 Å². The summed E-state index contributed by atoms with van der Waals surface area (Å²) in [5.74, 6) is 0.287. The predicted octanol–water partition coefficient (Wildman–Crippen LogP) is 2.70. The van der Waals surface area contributed by atoms with Crippen molar-refractivity contribution in [2.75, 3.05) is 31.1 Å². The Bertz CT molecular complexity index is 819. The number of amides is 1. The van der Waals surface area contributed by atoms with E-state index >= 15 is 0 Å². The summed E-state index contributed by atoms with van der Waals surface area (Å²) in [4.78, 5) is 25.9. The molecular weight excluding hydrogens is 354 g/mol. The fraction of sp³-hybridized carbons (Fsp3) is 0.471. The van der Waals surface area contributed by atoms with Gasteiger partial charge in [-0.15, -0.1) is 5.10 Å². The number of rotatable bonds is 3. The maximum absolute atomic E-state index is 12.1. The van der Waals surface area contributed by atoms with Gasteiger partial charge >= 0.3 is 12.1 Å². The Hall–Kier alpha value is -3.17. The van der Waals surface area contributed by atoms with Crippen LogP contribution in [0.15, 0.2) is 28.7 Å². The van der Waals surface area contributed by atoms with Crippen molar-refractivity contribution in [2.24, 2.45) is 0 Å². The van der Waals surface area contributed by atoms with E-state index < -0.39 is 10.5 Å². The van der Waals surface area contributed by atoms with Crippen molar-refractivity contribution >= 4 is 17.8 Å². The largest absolute Gasteiger partial charge is 0.444 e. The second kappa shape index (κ2) is 7.22. The lowest BCUT2D eigenvalue weighted by Crippen LogP contribution is -2.50. The molecule has 1 aliphatic rings. The van der Waals surface area contributed by atoms with Crippen LogP contribution in [-0.4, -0.2) is 57.9 Å². The average molecular weight is 375 g/mol. The summed E-state index contributed by atoms with van der Waals surface area (Å²) in [7, 11) is 0. The molecule has 0 unspecified atom stereocenters. The average Bonchev–Trinajstić information content (AvgIpc) is 3.10. The Morgan fingerprint density at radius 2 is 1.78 bits per heavy atom. The molecule has 10 heteroatoms. The number of ether oxygens (including phenoxy) is 1. The number of hydrogen-bond donors (Lipinski definition) is 0. The smallest absolute Gasteiger partial charge is 0.410 e. The first-order valence-corrected chi connectivity index (χ1v) is 8.54. The van der Waals surface area contributed by atoms with Crippen LogP contribution in [0.3, 0.4) is 0 Å². The van der Waals surface area contributed by atoms with Crippen molar-refractivity contribution < 1.29 is 18.9 Å². The lowest BCUT2D eigenvalue weighted by Gasteiger charge is -2.34. The van der Waals surface area contributed by atoms with Crippen molar-refractivity contribution in [3.63, 3.8) is 0 Å². The van der Waals surface area contributed by atoms with Gasteiger partial charge in [-0.25, -0.2) is 4.79 Å². The van der Waals surface area contributed by atoms with E-state index in [1.165, 1.54) is 12.1 Å². The third-order valence-electron chi connectivity index (χ3n) is 3.94. The van der Waals surface area contributed by atoms with Crippen molar-refractivity contribution in [1.29, 1.82) is 0 Å². The molecule has 0 spiro atoms. The number of carbonyl (C=O) groups excluding carboxylic acids is 1. The lowest BCUT2D eigenvalue weighted by molar-refractivity contribution is -0.384. The zero-order valence-corrected chi connectivity index (χ0v) is 15.4. The minimum absolute atomic E-state index is 0.00301. The van der Waals surface area contributed by atoms with Gasteiger partial charge in [0.15, 0.2) is 0 Å². The molecule has 0 saturated carbocycles. The van der Waals surface area contributed by atoms with Gasteiger partial charge in [-0.05, 0) is 32.9 Å². The number of hydrogen-bond acceptors (Lipinski definition) is 8. The number of benzene rings is 1. The number of carbonyl (C=O) groups is 1. The van der Waals surface area contributed by atoms with Crippen LogP contribution in [-0.2, 0) is 4.74 Å². The Kier molecular flexibility index (Phi) is 4.98. The van der Waals surface area contributed by atoms with Gasteiger partial charge in [0.25, 0.3) is 5.69 Å². The zero-order chi connectivity index (χ0) is 19.6. The second-order valence-electron chi connectivity index (χ2n) is 7.15. The number of aromatic nitrogens is 2. The van der Waals surface area contributed by atoms with Gasteiger partial charge in [0.1, 0.15) is 5.60 Å². The molecule has 1 saturated heterocycles. The number of nitro benzene ring substituents is 1. The van der Waals surface area contributed by atoms with E-state index in [1.54, 1.807) is 17.0 Å². The van der Waals surface area contributed by atoms with Crippen LogP contribution in [0, 0.1) is 10.1 Å². The Labute approximate surface area is 155 Å². The number of non-ortho nitro benzene ring substituents is 1. The summed E-state index contributed by atoms with van der Waals surface area (Å²) in [5, 5.41) is 18.8. The summed E-state index contributed by atoms with van der Waals surface area (Å²) in [6.45, 7) is 7.56. The fourth-order valence-electron chi connectivity index (χ4n) is 2.59. The molecule has 10 nitrogen and oxygen atoms in total. The maximum atomic E-state index is 12.1. The predicted molar refractivity (Wildman–Crippen MR) is 96.4 cm³/mol. The van der Waals surface area contributed by atoms with E-state index in [-0.39, 0.29) is 17.7 Å². The quantitative estimate of drug-likeness (QED) is 0.594. The van der Waals surface area contributed by atoms with E-state index in [4.69, 9.17) is 9.15 Å². The van der Waals surface area contributed by atoms with Crippen LogP contribution in [0.25, 0.3) is 11.5 Å². The standard InChI is InChI=1S/C17H21N5O5/c1-17(2,3)27-16(23)21-10-8-20(9-11-21)15-19-18-14(26-15)12-4-6-13(7-5-12)22(24)25/h4-7H,8-11H2,1-3H3. The highest BCUT2D eigenvalue weighted by Gasteiger charge is 2.27. The van der Waals surface area contributed by atoms with Crippen LogP contribution in [0.1, 0.15) is 20.8 Å². The second-order valence-corrected chi connectivity index (χ2v) is 7.15. The van der Waals surface area contributed by atoms with Gasteiger partial charge in [-0.3, -0.25) is 10.1 Å². The molecule has 144 valence electrons. The minimum atomic E-state index is -0.527. The van der Waals surface area contributed by atoms with Crippen LogP contribution in [0.2, 0.25) is 0 Å². The van der Waals surface area contributed by atoms with Crippen molar-refractivity contribution in [3.05, 3.63) is 34.4 Å². The topological polar surface area (TPSA) is 115 Å². The molecule has 1 aromatic carbocycles. The molecule has 2 heterocycles. The van der Waals surface area contributed by atoms with Gasteiger partial charge in [0, 0.05) is 43.9 Å². The highest BCUT2D eigenvalue weighted by atomic mass is 16.6. The number of nitro groups is 1. The molecule has 0 atom stereocenters. The molecule has 2 aromatic rings. The fourth-order valence-corrected chi connectivity index (χ4v) is 2.59. The summed E-state index contributed by atoms with van der Waals surface area (Å²) >= 11 is 0. The number of nitrogens with zero attached hydrogens (tertiary/aromatic N) is 5. The number of piperazine rings is 1. The summed E-state index contributed by atoms with van der Waals surface area (Å²) < 4.78 is 11.1. The normalized spacial score (nSPS) is 14.9.